The van der Waals surface area contributed by atoms with Crippen LogP contribution in [0.15, 0.2) is 24.3 Å². The van der Waals surface area contributed by atoms with Crippen LogP contribution >= 0.6 is 22.9 Å². The van der Waals surface area contributed by atoms with Gasteiger partial charge in [0, 0.05) is 16.2 Å². The normalized spacial score (nSPS) is 10.5. The second-order valence-corrected chi connectivity index (χ2v) is 3.65. The lowest BCUT2D eigenvalue weighted by Gasteiger charge is -1.81. The van der Waals surface area contributed by atoms with E-state index in [2.05, 4.69) is 6.07 Å². The lowest BCUT2D eigenvalue weighted by molar-refractivity contribution is 1.85. The minimum absolute atomic E-state index is 0.737. The molecule has 0 amide bonds. The highest BCUT2D eigenvalue weighted by molar-refractivity contribution is 7.22. The molecule has 1 heterocycles. The molecule has 1 radical (unpaired) electrons. The van der Waals surface area contributed by atoms with E-state index in [1.54, 1.807) is 11.3 Å². The Morgan fingerprint density at radius 2 is 2.10 bits per heavy atom. The van der Waals surface area contributed by atoms with Gasteiger partial charge in [-0.2, -0.15) is 0 Å². The predicted octanol–water partition coefficient (Wildman–Crippen LogP) is 3.35. The summed E-state index contributed by atoms with van der Waals surface area (Å²) in [7, 11) is 0. The molecule has 1 aromatic carbocycles. The average Bonchev–Trinajstić information content (AvgIpc) is 2.27. The second-order valence-electron chi connectivity index (χ2n) is 2.00. The van der Waals surface area contributed by atoms with Crippen LogP contribution < -0.4 is 0 Å². The maximum Gasteiger partial charge on any atom is 0.102 e. The first-order valence-corrected chi connectivity index (χ1v) is 4.12. The van der Waals surface area contributed by atoms with Crippen LogP contribution in [0.4, 0.5) is 0 Å². The van der Waals surface area contributed by atoms with Crippen molar-refractivity contribution in [3.8, 4) is 0 Å². The quantitative estimate of drug-likeness (QED) is 0.565. The zero-order valence-electron chi connectivity index (χ0n) is 5.10. The smallest absolute Gasteiger partial charge is 0.102 e. The van der Waals surface area contributed by atoms with Crippen LogP contribution in [0.1, 0.15) is 0 Å². The van der Waals surface area contributed by atoms with E-state index in [4.69, 9.17) is 11.6 Å². The molecular formula is C8H4ClS. The monoisotopic (exact) mass is 167 g/mol. The summed E-state index contributed by atoms with van der Waals surface area (Å²) >= 11 is 7.31. The molecule has 0 aliphatic carbocycles. The van der Waals surface area contributed by atoms with Gasteiger partial charge in [-0.15, -0.1) is 11.3 Å². The van der Waals surface area contributed by atoms with Gasteiger partial charge >= 0.3 is 0 Å². The van der Waals surface area contributed by atoms with E-state index in [1.807, 2.05) is 24.3 Å². The van der Waals surface area contributed by atoms with Gasteiger partial charge in [0.25, 0.3) is 0 Å². The van der Waals surface area contributed by atoms with Crippen molar-refractivity contribution in [3.05, 3.63) is 34.7 Å². The van der Waals surface area contributed by atoms with Gasteiger partial charge in [0.2, 0.25) is 0 Å². The zero-order valence-corrected chi connectivity index (χ0v) is 6.67. The van der Waals surface area contributed by atoms with Crippen molar-refractivity contribution in [2.24, 2.45) is 0 Å². The number of rotatable bonds is 0. The van der Waals surface area contributed by atoms with Gasteiger partial charge in [-0.3, -0.25) is 0 Å². The van der Waals surface area contributed by atoms with Crippen LogP contribution in [0.5, 0.6) is 0 Å². The largest absolute Gasteiger partial charge is 0.123 e. The van der Waals surface area contributed by atoms with Gasteiger partial charge in [-0.05, 0) is 6.07 Å². The van der Waals surface area contributed by atoms with Crippen LogP contribution in [-0.4, -0.2) is 0 Å². The summed E-state index contributed by atoms with van der Waals surface area (Å²) in [4.78, 5) is 0. The fourth-order valence-electron chi connectivity index (χ4n) is 0.887. The molecule has 0 aliphatic rings. The minimum atomic E-state index is 0.737. The number of halogens is 1. The van der Waals surface area contributed by atoms with E-state index in [1.165, 1.54) is 4.70 Å². The number of benzene rings is 1. The Balaban J connectivity index is 2.88. The summed E-state index contributed by atoms with van der Waals surface area (Å²) < 4.78 is 1.94. The summed E-state index contributed by atoms with van der Waals surface area (Å²) in [5.41, 5.74) is 0. The molecule has 0 fully saturated rings. The highest BCUT2D eigenvalue weighted by Gasteiger charge is 1.96. The average molecular weight is 168 g/mol. The first-order chi connectivity index (χ1) is 4.86. The van der Waals surface area contributed by atoms with Crippen LogP contribution in [0.25, 0.3) is 10.1 Å². The van der Waals surface area contributed by atoms with E-state index >= 15 is 0 Å². The molecule has 10 heavy (non-hydrogen) atoms. The van der Waals surface area contributed by atoms with Crippen LogP contribution in [0.2, 0.25) is 4.34 Å². The first-order valence-electron chi connectivity index (χ1n) is 2.92. The fraction of sp³-hybridized carbons (Fsp3) is 0. The number of fused-ring (bicyclic) bond motifs is 1. The molecular weight excluding hydrogens is 164 g/mol. The molecule has 0 nitrogen and oxygen atoms in total. The Hall–Kier alpha value is -0.530. The third kappa shape index (κ3) is 0.917. The highest BCUT2D eigenvalue weighted by Crippen LogP contribution is 2.27. The molecule has 2 aromatic rings. The molecule has 1 aromatic heterocycles. The summed E-state index contributed by atoms with van der Waals surface area (Å²) in [6.45, 7) is 0. The van der Waals surface area contributed by atoms with E-state index < -0.39 is 0 Å². The first kappa shape index (κ1) is 6.20. The van der Waals surface area contributed by atoms with Gasteiger partial charge in [0.05, 0.1) is 0 Å². The maximum absolute atomic E-state index is 5.75. The Labute approximate surface area is 68.1 Å². The number of hydrogen-bond donors (Lipinski definition) is 0. The topological polar surface area (TPSA) is 0 Å². The Morgan fingerprint density at radius 3 is 2.90 bits per heavy atom. The van der Waals surface area contributed by atoms with Crippen LogP contribution in [0, 0.1) is 6.07 Å². The molecule has 2 heteroatoms. The SMILES string of the molecule is Clc1[c]c2ccccc2s1. The van der Waals surface area contributed by atoms with Crippen molar-refractivity contribution in [2.75, 3.05) is 0 Å². The van der Waals surface area contributed by atoms with Crippen molar-refractivity contribution in [2.45, 2.75) is 0 Å². The van der Waals surface area contributed by atoms with Gasteiger partial charge in [-0.1, -0.05) is 29.8 Å². The summed E-state index contributed by atoms with van der Waals surface area (Å²) in [5, 5.41) is 1.11. The van der Waals surface area contributed by atoms with Crippen LogP contribution in [-0.2, 0) is 0 Å². The summed E-state index contributed by atoms with van der Waals surface area (Å²) in [6.07, 6.45) is 0. The van der Waals surface area contributed by atoms with E-state index in [-0.39, 0.29) is 0 Å². The lowest BCUT2D eigenvalue weighted by atomic mass is 10.3. The van der Waals surface area contributed by atoms with E-state index in [9.17, 15) is 0 Å². The molecule has 2 rings (SSSR count). The fourth-order valence-corrected chi connectivity index (χ4v) is 1.97. The van der Waals surface area contributed by atoms with Crippen molar-refractivity contribution < 1.29 is 0 Å². The molecule has 0 bridgehead atoms. The van der Waals surface area contributed by atoms with Gasteiger partial charge in [0.1, 0.15) is 4.34 Å². The van der Waals surface area contributed by atoms with Crippen molar-refractivity contribution in [1.82, 2.24) is 0 Å². The molecule has 0 saturated carbocycles. The Bertz CT molecular complexity index is 318. The van der Waals surface area contributed by atoms with E-state index in [0.717, 1.165) is 9.72 Å². The molecule has 0 spiro atoms. The van der Waals surface area contributed by atoms with Gasteiger partial charge < -0.3 is 0 Å². The zero-order chi connectivity index (χ0) is 6.97. The van der Waals surface area contributed by atoms with Crippen molar-refractivity contribution in [1.29, 1.82) is 0 Å². The number of hydrogen-bond acceptors (Lipinski definition) is 1. The van der Waals surface area contributed by atoms with Gasteiger partial charge in [-0.25, -0.2) is 0 Å². The highest BCUT2D eigenvalue weighted by atomic mass is 35.5. The standard InChI is InChI=1S/C8H4ClS/c9-8-5-6-3-1-2-4-7(6)10-8/h1-4H. The molecule has 0 atom stereocenters. The van der Waals surface area contributed by atoms with E-state index in [0.29, 0.717) is 0 Å². The van der Waals surface area contributed by atoms with Gasteiger partial charge in [0.15, 0.2) is 0 Å². The minimum Gasteiger partial charge on any atom is -0.123 e. The van der Waals surface area contributed by atoms with Crippen LogP contribution in [0.3, 0.4) is 0 Å². The summed E-state index contributed by atoms with van der Waals surface area (Å²) in [5.74, 6) is 0. The lowest BCUT2D eigenvalue weighted by Crippen LogP contribution is -1.56. The third-order valence-electron chi connectivity index (χ3n) is 1.32. The van der Waals surface area contributed by atoms with Crippen molar-refractivity contribution >= 4 is 33.0 Å². The molecule has 0 N–H and O–H groups in total. The maximum atomic E-state index is 5.75. The molecule has 49 valence electrons. The molecule has 0 unspecified atom stereocenters. The Morgan fingerprint density at radius 1 is 1.30 bits per heavy atom. The molecule has 0 aliphatic heterocycles. The molecule has 0 saturated heterocycles. The summed E-state index contributed by atoms with van der Waals surface area (Å²) in [6, 6.07) is 11.1. The number of thiophene rings is 1. The second kappa shape index (κ2) is 2.26. The third-order valence-corrected chi connectivity index (χ3v) is 2.50. The Kier molecular flexibility index (Phi) is 1.40. The van der Waals surface area contributed by atoms with Crippen molar-refractivity contribution in [3.63, 3.8) is 0 Å². The predicted molar refractivity (Wildman–Crippen MR) is 45.7 cm³/mol.